The first-order chi connectivity index (χ1) is 11.4. The minimum atomic E-state index is 0.673. The molecule has 4 aromatic carbocycles. The quantitative estimate of drug-likeness (QED) is 0.390. The highest BCUT2D eigenvalue weighted by Crippen LogP contribution is 2.32. The topological polar surface area (TPSA) is 26.0 Å². The zero-order valence-corrected chi connectivity index (χ0v) is 12.4. The van der Waals surface area contributed by atoms with Crippen molar-refractivity contribution < 1.29 is 4.42 Å². The van der Waals surface area contributed by atoms with E-state index in [-0.39, 0.29) is 0 Å². The van der Waals surface area contributed by atoms with E-state index in [4.69, 9.17) is 9.40 Å². The van der Waals surface area contributed by atoms with Gasteiger partial charge < -0.3 is 4.42 Å². The van der Waals surface area contributed by atoms with Gasteiger partial charge in [0.1, 0.15) is 5.52 Å². The number of fused-ring (bicyclic) bond motifs is 3. The molecule has 0 aliphatic heterocycles. The molecule has 23 heavy (non-hydrogen) atoms. The van der Waals surface area contributed by atoms with Gasteiger partial charge >= 0.3 is 0 Å². The monoisotopic (exact) mass is 295 g/mol. The van der Waals surface area contributed by atoms with Crippen molar-refractivity contribution in [3.8, 4) is 11.5 Å². The Kier molecular flexibility index (Phi) is 2.53. The van der Waals surface area contributed by atoms with Crippen molar-refractivity contribution in [1.82, 2.24) is 4.98 Å². The van der Waals surface area contributed by atoms with Gasteiger partial charge in [-0.3, -0.25) is 0 Å². The van der Waals surface area contributed by atoms with Gasteiger partial charge in [0, 0.05) is 5.56 Å². The average molecular weight is 295 g/mol. The highest BCUT2D eigenvalue weighted by molar-refractivity contribution is 5.98. The van der Waals surface area contributed by atoms with Crippen LogP contribution < -0.4 is 0 Å². The van der Waals surface area contributed by atoms with E-state index in [0.29, 0.717) is 5.89 Å². The average Bonchev–Trinajstić information content (AvgIpc) is 3.01. The van der Waals surface area contributed by atoms with E-state index in [1.807, 2.05) is 30.3 Å². The van der Waals surface area contributed by atoms with E-state index < -0.39 is 0 Å². The number of aromatic nitrogens is 1. The molecule has 0 radical (unpaired) electrons. The Balaban J connectivity index is 1.80. The van der Waals surface area contributed by atoms with Crippen LogP contribution >= 0.6 is 0 Å². The van der Waals surface area contributed by atoms with Crippen LogP contribution in [0.2, 0.25) is 0 Å². The van der Waals surface area contributed by atoms with Crippen LogP contribution in [0, 0.1) is 0 Å². The molecule has 0 spiro atoms. The standard InChI is InChI=1S/C21H13NO/c1-2-8-16-13-20-19(12-15(16)7-1)22-21(23-20)18-11-5-9-14-6-3-4-10-17(14)18/h1-13H. The smallest absolute Gasteiger partial charge is 0.227 e. The third-order valence-electron chi connectivity index (χ3n) is 4.28. The molecule has 0 saturated carbocycles. The Labute approximate surface area is 133 Å². The lowest BCUT2D eigenvalue weighted by Crippen LogP contribution is -1.80. The van der Waals surface area contributed by atoms with Crippen molar-refractivity contribution in [3.05, 3.63) is 78.9 Å². The summed E-state index contributed by atoms with van der Waals surface area (Å²) in [6.07, 6.45) is 0. The molecule has 0 N–H and O–H groups in total. The molecule has 0 aliphatic carbocycles. The van der Waals surface area contributed by atoms with Crippen molar-refractivity contribution in [2.75, 3.05) is 0 Å². The maximum absolute atomic E-state index is 6.06. The van der Waals surface area contributed by atoms with Gasteiger partial charge in [0.05, 0.1) is 0 Å². The molecule has 0 saturated heterocycles. The summed E-state index contributed by atoms with van der Waals surface area (Å²) in [4.78, 5) is 4.72. The van der Waals surface area contributed by atoms with Gasteiger partial charge in [-0.05, 0) is 39.7 Å². The van der Waals surface area contributed by atoms with Crippen molar-refractivity contribution in [2.45, 2.75) is 0 Å². The largest absolute Gasteiger partial charge is 0.436 e. The third kappa shape index (κ3) is 1.92. The summed E-state index contributed by atoms with van der Waals surface area (Å²) < 4.78 is 6.06. The minimum Gasteiger partial charge on any atom is -0.436 e. The van der Waals surface area contributed by atoms with Crippen molar-refractivity contribution in [2.24, 2.45) is 0 Å². The van der Waals surface area contributed by atoms with Crippen molar-refractivity contribution in [1.29, 1.82) is 0 Å². The zero-order valence-electron chi connectivity index (χ0n) is 12.4. The molecule has 1 aromatic heterocycles. The first kappa shape index (κ1) is 12.4. The third-order valence-corrected chi connectivity index (χ3v) is 4.28. The molecule has 2 nitrogen and oxygen atoms in total. The SMILES string of the molecule is c1ccc2cc3oc(-c4cccc5ccccc45)nc3cc2c1. The molecule has 0 atom stereocenters. The molecular weight excluding hydrogens is 282 g/mol. The Morgan fingerprint density at radius 1 is 0.652 bits per heavy atom. The predicted molar refractivity (Wildman–Crippen MR) is 94.5 cm³/mol. The predicted octanol–water partition coefficient (Wildman–Crippen LogP) is 5.80. The molecule has 108 valence electrons. The number of hydrogen-bond donors (Lipinski definition) is 0. The van der Waals surface area contributed by atoms with Crippen LogP contribution in [0.5, 0.6) is 0 Å². The summed E-state index contributed by atoms with van der Waals surface area (Å²) in [6, 6.07) is 26.9. The highest BCUT2D eigenvalue weighted by atomic mass is 16.3. The van der Waals surface area contributed by atoms with Gasteiger partial charge in [0.15, 0.2) is 5.58 Å². The molecule has 0 fully saturated rings. The Morgan fingerprint density at radius 3 is 2.22 bits per heavy atom. The fourth-order valence-corrected chi connectivity index (χ4v) is 3.14. The van der Waals surface area contributed by atoms with Gasteiger partial charge in [-0.25, -0.2) is 4.98 Å². The number of oxazole rings is 1. The molecule has 5 rings (SSSR count). The second kappa shape index (κ2) is 4.68. The van der Waals surface area contributed by atoms with Gasteiger partial charge in [-0.15, -0.1) is 0 Å². The van der Waals surface area contributed by atoms with E-state index in [0.717, 1.165) is 22.0 Å². The highest BCUT2D eigenvalue weighted by Gasteiger charge is 2.11. The van der Waals surface area contributed by atoms with Crippen molar-refractivity contribution >= 4 is 32.6 Å². The molecule has 0 amide bonds. The number of rotatable bonds is 1. The second-order valence-electron chi connectivity index (χ2n) is 5.71. The van der Waals surface area contributed by atoms with E-state index in [1.54, 1.807) is 0 Å². The van der Waals surface area contributed by atoms with Gasteiger partial charge in [-0.2, -0.15) is 0 Å². The summed E-state index contributed by atoms with van der Waals surface area (Å²) in [5.74, 6) is 0.673. The summed E-state index contributed by atoms with van der Waals surface area (Å²) in [7, 11) is 0. The number of hydrogen-bond acceptors (Lipinski definition) is 2. The summed E-state index contributed by atoms with van der Waals surface area (Å²) in [5, 5.41) is 4.70. The summed E-state index contributed by atoms with van der Waals surface area (Å²) >= 11 is 0. The lowest BCUT2D eigenvalue weighted by molar-refractivity contribution is 0.621. The van der Waals surface area contributed by atoms with E-state index in [2.05, 4.69) is 48.5 Å². The fraction of sp³-hybridized carbons (Fsp3) is 0. The van der Waals surface area contributed by atoms with E-state index in [1.165, 1.54) is 16.2 Å². The van der Waals surface area contributed by atoms with Crippen LogP contribution in [0.3, 0.4) is 0 Å². The van der Waals surface area contributed by atoms with Gasteiger partial charge in [0.2, 0.25) is 5.89 Å². The maximum Gasteiger partial charge on any atom is 0.227 e. The van der Waals surface area contributed by atoms with E-state index >= 15 is 0 Å². The van der Waals surface area contributed by atoms with Crippen molar-refractivity contribution in [3.63, 3.8) is 0 Å². The van der Waals surface area contributed by atoms with Crippen LogP contribution in [-0.2, 0) is 0 Å². The fourth-order valence-electron chi connectivity index (χ4n) is 3.14. The maximum atomic E-state index is 6.06. The number of benzene rings is 4. The van der Waals surface area contributed by atoms with E-state index in [9.17, 15) is 0 Å². The van der Waals surface area contributed by atoms with Gasteiger partial charge in [-0.1, -0.05) is 60.7 Å². The molecule has 5 aromatic rings. The van der Waals surface area contributed by atoms with Crippen LogP contribution in [0.25, 0.3) is 44.1 Å². The minimum absolute atomic E-state index is 0.673. The Bertz CT molecular complexity index is 1110. The number of nitrogens with zero attached hydrogens (tertiary/aromatic N) is 1. The summed E-state index contributed by atoms with van der Waals surface area (Å²) in [6.45, 7) is 0. The lowest BCUT2D eigenvalue weighted by atomic mass is 10.0. The molecule has 0 aliphatic rings. The normalized spacial score (nSPS) is 11.5. The Morgan fingerprint density at radius 2 is 1.35 bits per heavy atom. The first-order valence-electron chi connectivity index (χ1n) is 7.66. The molecule has 1 heterocycles. The first-order valence-corrected chi connectivity index (χ1v) is 7.66. The molecule has 2 heteroatoms. The van der Waals surface area contributed by atoms with Crippen LogP contribution in [0.1, 0.15) is 0 Å². The molecule has 0 bridgehead atoms. The van der Waals surface area contributed by atoms with Crippen LogP contribution in [0.15, 0.2) is 83.3 Å². The summed E-state index contributed by atoms with van der Waals surface area (Å²) in [5.41, 5.74) is 2.75. The lowest BCUT2D eigenvalue weighted by Gasteiger charge is -2.01. The van der Waals surface area contributed by atoms with Crippen LogP contribution in [0.4, 0.5) is 0 Å². The van der Waals surface area contributed by atoms with Gasteiger partial charge in [0.25, 0.3) is 0 Å². The van der Waals surface area contributed by atoms with Crippen LogP contribution in [-0.4, -0.2) is 4.98 Å². The Hall–Kier alpha value is -3.13. The molecular formula is C21H13NO. The second-order valence-corrected chi connectivity index (χ2v) is 5.71. The molecule has 0 unspecified atom stereocenters. The zero-order chi connectivity index (χ0) is 15.2.